The number of methoxy groups -OCH3 is 1. The minimum Gasteiger partial charge on any atom is -0.496 e. The Morgan fingerprint density at radius 3 is 2.44 bits per heavy atom. The Kier molecular flexibility index (Phi) is 9.80. The Bertz CT molecular complexity index is 1200. The van der Waals surface area contributed by atoms with Gasteiger partial charge in [-0.05, 0) is 73.9 Å². The van der Waals surface area contributed by atoms with Crippen molar-refractivity contribution in [1.29, 1.82) is 0 Å². The van der Waals surface area contributed by atoms with Crippen molar-refractivity contribution in [1.82, 2.24) is 10.6 Å². The number of nitrogens with one attached hydrogen (secondary N) is 2. The van der Waals surface area contributed by atoms with Gasteiger partial charge in [0.2, 0.25) is 0 Å². The van der Waals surface area contributed by atoms with Crippen molar-refractivity contribution in [3.05, 3.63) is 51.5 Å². The summed E-state index contributed by atoms with van der Waals surface area (Å²) < 4.78 is 21.2. The van der Waals surface area contributed by atoms with Crippen LogP contribution in [0.3, 0.4) is 0 Å². The van der Waals surface area contributed by atoms with Crippen LogP contribution >= 0.6 is 23.2 Å². The van der Waals surface area contributed by atoms with Gasteiger partial charge in [-0.15, -0.1) is 0 Å². The van der Waals surface area contributed by atoms with E-state index in [2.05, 4.69) is 10.6 Å². The number of amides is 2. The van der Waals surface area contributed by atoms with Crippen molar-refractivity contribution in [3.8, 4) is 17.2 Å². The largest absolute Gasteiger partial charge is 0.496 e. The van der Waals surface area contributed by atoms with Gasteiger partial charge in [-0.2, -0.15) is 0 Å². The van der Waals surface area contributed by atoms with Crippen LogP contribution in [0.2, 0.25) is 10.0 Å². The van der Waals surface area contributed by atoms with Gasteiger partial charge in [-0.25, -0.2) is 4.79 Å². The number of ether oxygens (including phenoxy) is 4. The van der Waals surface area contributed by atoms with Gasteiger partial charge in [0.1, 0.15) is 18.0 Å². The van der Waals surface area contributed by atoms with Crippen molar-refractivity contribution in [2.45, 2.75) is 45.1 Å². The summed E-state index contributed by atoms with van der Waals surface area (Å²) in [5.41, 5.74) is 1.09. The first kappa shape index (κ1) is 28.8. The molecule has 4 rings (SSSR count). The van der Waals surface area contributed by atoms with E-state index in [9.17, 15) is 14.4 Å². The van der Waals surface area contributed by atoms with Crippen molar-refractivity contribution in [2.75, 3.05) is 26.9 Å². The Hall–Kier alpha value is -3.17. The molecule has 210 valence electrons. The number of halogens is 2. The average molecular weight is 579 g/mol. The third-order valence-corrected chi connectivity index (χ3v) is 7.62. The van der Waals surface area contributed by atoms with Crippen LogP contribution in [0.4, 0.5) is 4.79 Å². The molecule has 2 amide bonds. The monoisotopic (exact) mass is 578 g/mol. The second kappa shape index (κ2) is 13.3. The fraction of sp³-hybridized carbons (Fsp3) is 0.464. The number of carbonyl (C=O) groups excluding carboxylic acids is 3. The van der Waals surface area contributed by atoms with E-state index in [-0.39, 0.29) is 47.5 Å². The second-order valence-electron chi connectivity index (χ2n) is 9.65. The SMILES string of the molecule is CCOC(=O)CNC(=O)OCCc1cc(Cl)c(Oc2ccc(OC)c(C(=O)NC3CC4CCC3C4)c2)c(Cl)c1. The molecule has 0 radical (unpaired) electrons. The highest BCUT2D eigenvalue weighted by Crippen LogP contribution is 2.45. The highest BCUT2D eigenvalue weighted by atomic mass is 35.5. The summed E-state index contributed by atoms with van der Waals surface area (Å²) in [6, 6.07) is 8.48. The molecule has 3 unspecified atom stereocenters. The average Bonchev–Trinajstić information content (AvgIpc) is 3.53. The lowest BCUT2D eigenvalue weighted by atomic mass is 9.95. The van der Waals surface area contributed by atoms with E-state index < -0.39 is 12.1 Å². The molecule has 0 heterocycles. The Labute approximate surface area is 237 Å². The van der Waals surface area contributed by atoms with Gasteiger partial charge in [0.15, 0.2) is 5.75 Å². The Morgan fingerprint density at radius 2 is 1.79 bits per heavy atom. The third-order valence-electron chi connectivity index (χ3n) is 7.05. The molecular weight excluding hydrogens is 547 g/mol. The first-order valence-electron chi connectivity index (χ1n) is 13.0. The van der Waals surface area contributed by atoms with Crippen LogP contribution in [0.1, 0.15) is 48.5 Å². The maximum absolute atomic E-state index is 13.1. The summed E-state index contributed by atoms with van der Waals surface area (Å²) in [4.78, 5) is 36.2. The zero-order chi connectivity index (χ0) is 27.9. The van der Waals surface area contributed by atoms with Crippen molar-refractivity contribution < 1.29 is 33.3 Å². The molecule has 2 N–H and O–H groups in total. The second-order valence-corrected chi connectivity index (χ2v) is 10.5. The molecule has 2 fully saturated rings. The summed E-state index contributed by atoms with van der Waals surface area (Å²) >= 11 is 12.9. The standard InChI is InChI=1S/C28H32Cl2N2O7/c1-3-37-25(33)15-31-28(35)38-9-8-17-11-21(29)26(22(30)12-17)39-19-6-7-24(36-2)20(14-19)27(34)32-23-13-16-4-5-18(23)10-16/h6-7,11-12,14,16,18,23H,3-5,8-10,13,15H2,1-2H3,(H,31,35)(H,32,34). The highest BCUT2D eigenvalue weighted by molar-refractivity contribution is 6.37. The lowest BCUT2D eigenvalue weighted by Gasteiger charge is -2.23. The molecular formula is C28H32Cl2N2O7. The predicted molar refractivity (Wildman–Crippen MR) is 146 cm³/mol. The van der Waals surface area contributed by atoms with E-state index in [1.54, 1.807) is 37.3 Å². The molecule has 2 aromatic rings. The molecule has 39 heavy (non-hydrogen) atoms. The Balaban J connectivity index is 1.36. The lowest BCUT2D eigenvalue weighted by molar-refractivity contribution is -0.141. The normalized spacial score (nSPS) is 19.3. The smallest absolute Gasteiger partial charge is 0.407 e. The first-order valence-corrected chi connectivity index (χ1v) is 13.7. The van der Waals surface area contributed by atoms with Gasteiger partial charge >= 0.3 is 12.1 Å². The number of hydrogen-bond acceptors (Lipinski definition) is 7. The number of rotatable bonds is 11. The molecule has 2 aromatic carbocycles. The molecule has 2 saturated carbocycles. The molecule has 11 heteroatoms. The van der Waals surface area contributed by atoms with Gasteiger partial charge < -0.3 is 29.6 Å². The predicted octanol–water partition coefficient (Wildman–Crippen LogP) is 5.54. The molecule has 0 saturated heterocycles. The van der Waals surface area contributed by atoms with Gasteiger partial charge in [0.25, 0.3) is 5.91 Å². The highest BCUT2D eigenvalue weighted by Gasteiger charge is 2.40. The molecule has 9 nitrogen and oxygen atoms in total. The molecule has 2 bridgehead atoms. The van der Waals surface area contributed by atoms with Crippen molar-refractivity contribution in [3.63, 3.8) is 0 Å². The summed E-state index contributed by atoms with van der Waals surface area (Å²) in [6.45, 7) is 1.68. The van der Waals surface area contributed by atoms with Crippen LogP contribution < -0.4 is 20.1 Å². The van der Waals surface area contributed by atoms with Crippen molar-refractivity contribution >= 4 is 41.2 Å². The molecule has 2 aliphatic carbocycles. The summed E-state index contributed by atoms with van der Waals surface area (Å²) in [6.07, 6.45) is 4.23. The van der Waals surface area contributed by atoms with E-state index in [1.807, 2.05) is 0 Å². The summed E-state index contributed by atoms with van der Waals surface area (Å²) in [7, 11) is 1.52. The van der Waals surface area contributed by atoms with E-state index in [0.717, 1.165) is 18.4 Å². The maximum atomic E-state index is 13.1. The summed E-state index contributed by atoms with van der Waals surface area (Å²) in [5.74, 6) is 1.57. The molecule has 2 aliphatic rings. The van der Waals surface area contributed by atoms with Gasteiger partial charge in [-0.1, -0.05) is 29.6 Å². The number of benzene rings is 2. The molecule has 0 spiro atoms. The first-order chi connectivity index (χ1) is 18.8. The molecule has 3 atom stereocenters. The van der Waals surface area contributed by atoms with E-state index in [4.69, 9.17) is 42.1 Å². The topological polar surface area (TPSA) is 112 Å². The lowest BCUT2D eigenvalue weighted by Crippen LogP contribution is -2.38. The number of fused-ring (bicyclic) bond motifs is 2. The van der Waals surface area contributed by atoms with E-state index in [1.165, 1.54) is 20.0 Å². The fourth-order valence-corrected chi connectivity index (χ4v) is 5.85. The number of hydrogen-bond donors (Lipinski definition) is 2. The quantitative estimate of drug-likeness (QED) is 0.336. The fourth-order valence-electron chi connectivity index (χ4n) is 5.24. The third kappa shape index (κ3) is 7.48. The minimum atomic E-state index is -0.736. The zero-order valence-corrected chi connectivity index (χ0v) is 23.4. The molecule has 0 aromatic heterocycles. The number of esters is 1. The Morgan fingerprint density at radius 1 is 1.03 bits per heavy atom. The zero-order valence-electron chi connectivity index (χ0n) is 21.9. The van der Waals surface area contributed by atoms with E-state index in [0.29, 0.717) is 35.3 Å². The van der Waals surface area contributed by atoms with Crippen LogP contribution in [-0.2, 0) is 20.7 Å². The van der Waals surface area contributed by atoms with E-state index >= 15 is 0 Å². The van der Waals surface area contributed by atoms with Crippen molar-refractivity contribution in [2.24, 2.45) is 11.8 Å². The minimum absolute atomic E-state index is 0.0427. The summed E-state index contributed by atoms with van der Waals surface area (Å²) in [5, 5.41) is 6.01. The van der Waals surface area contributed by atoms with Gasteiger partial charge in [0, 0.05) is 12.5 Å². The molecule has 0 aliphatic heterocycles. The van der Waals surface area contributed by atoms with Crippen LogP contribution in [0.15, 0.2) is 30.3 Å². The number of alkyl carbamates (subject to hydrolysis) is 1. The van der Waals surface area contributed by atoms with Gasteiger partial charge in [0.05, 0.1) is 35.9 Å². The van der Waals surface area contributed by atoms with Crippen LogP contribution in [0, 0.1) is 11.8 Å². The van der Waals surface area contributed by atoms with Crippen LogP contribution in [0.5, 0.6) is 17.2 Å². The maximum Gasteiger partial charge on any atom is 0.407 e. The van der Waals surface area contributed by atoms with Gasteiger partial charge in [-0.3, -0.25) is 9.59 Å². The van der Waals surface area contributed by atoms with Crippen LogP contribution in [-0.4, -0.2) is 50.9 Å². The van der Waals surface area contributed by atoms with Crippen LogP contribution in [0.25, 0.3) is 0 Å². The number of carbonyl (C=O) groups is 3.